The molecule has 0 amide bonds. The number of rotatable bonds is 8. The monoisotopic (exact) mass is 304 g/mol. The lowest BCUT2D eigenvalue weighted by atomic mass is 10.1. The normalized spacial score (nSPS) is 12.3. The summed E-state index contributed by atoms with van der Waals surface area (Å²) in [6.45, 7) is 8.11. The molecule has 3 nitrogen and oxygen atoms in total. The maximum absolute atomic E-state index is 5.65. The molecule has 1 aromatic carbocycles. The number of benzene rings is 1. The van der Waals surface area contributed by atoms with Crippen LogP contribution in [-0.4, -0.2) is 18.1 Å². The van der Waals surface area contributed by atoms with E-state index >= 15 is 0 Å². The Hall–Kier alpha value is -1.39. The Morgan fingerprint density at radius 1 is 1.19 bits per heavy atom. The fraction of sp³-hybridized carbons (Fsp3) is 0.471. The van der Waals surface area contributed by atoms with Crippen molar-refractivity contribution in [3.8, 4) is 5.75 Å². The van der Waals surface area contributed by atoms with Gasteiger partial charge in [-0.15, -0.1) is 11.3 Å². The van der Waals surface area contributed by atoms with Crippen LogP contribution in [0, 0.1) is 6.92 Å². The Kier molecular flexibility index (Phi) is 6.21. The van der Waals surface area contributed by atoms with Gasteiger partial charge >= 0.3 is 0 Å². The van der Waals surface area contributed by atoms with Crippen molar-refractivity contribution in [3.63, 3.8) is 0 Å². The maximum Gasteiger partial charge on any atom is 0.119 e. The largest absolute Gasteiger partial charge is 0.494 e. The second-order valence-electron chi connectivity index (χ2n) is 5.09. The lowest BCUT2D eigenvalue weighted by molar-refractivity contribution is 0.317. The molecule has 0 saturated heterocycles. The number of aryl methyl sites for hydroxylation is 1. The molecule has 0 saturated carbocycles. The van der Waals surface area contributed by atoms with Gasteiger partial charge in [-0.3, -0.25) is 0 Å². The van der Waals surface area contributed by atoms with Crippen LogP contribution >= 0.6 is 11.3 Å². The third-order valence-electron chi connectivity index (χ3n) is 3.21. The van der Waals surface area contributed by atoms with Gasteiger partial charge < -0.3 is 10.1 Å². The summed E-state index contributed by atoms with van der Waals surface area (Å²) in [5, 5.41) is 4.72. The SMILES string of the molecule is CCCNC(c1ccc(OCCC)cc1)c1cnc(C)s1. The van der Waals surface area contributed by atoms with Crippen LogP contribution in [0.25, 0.3) is 0 Å². The fourth-order valence-corrected chi connectivity index (χ4v) is 3.05. The zero-order chi connectivity index (χ0) is 15.1. The second-order valence-corrected chi connectivity index (χ2v) is 6.35. The molecule has 0 aliphatic heterocycles. The summed E-state index contributed by atoms with van der Waals surface area (Å²) in [5.41, 5.74) is 1.26. The van der Waals surface area contributed by atoms with E-state index in [1.54, 1.807) is 11.3 Å². The van der Waals surface area contributed by atoms with Gasteiger partial charge in [-0.05, 0) is 44.0 Å². The minimum absolute atomic E-state index is 0.219. The molecule has 21 heavy (non-hydrogen) atoms. The van der Waals surface area contributed by atoms with Gasteiger partial charge in [0.2, 0.25) is 0 Å². The first kappa shape index (κ1) is 16.0. The molecule has 0 fully saturated rings. The molecule has 1 atom stereocenters. The highest BCUT2D eigenvalue weighted by Gasteiger charge is 2.15. The molecule has 0 spiro atoms. The molecule has 1 aromatic heterocycles. The number of ether oxygens (including phenoxy) is 1. The first-order valence-electron chi connectivity index (χ1n) is 7.63. The van der Waals surface area contributed by atoms with Crippen LogP contribution in [-0.2, 0) is 0 Å². The highest BCUT2D eigenvalue weighted by atomic mass is 32.1. The number of nitrogens with zero attached hydrogens (tertiary/aromatic N) is 1. The van der Waals surface area contributed by atoms with Crippen molar-refractivity contribution < 1.29 is 4.74 Å². The van der Waals surface area contributed by atoms with Crippen LogP contribution in [0.2, 0.25) is 0 Å². The van der Waals surface area contributed by atoms with Gasteiger partial charge in [-0.2, -0.15) is 0 Å². The highest BCUT2D eigenvalue weighted by molar-refractivity contribution is 7.11. The Bertz CT molecular complexity index is 536. The van der Waals surface area contributed by atoms with Crippen molar-refractivity contribution in [2.24, 2.45) is 0 Å². The standard InChI is InChI=1S/C17H24N2OS/c1-4-10-18-17(16-12-19-13(3)21-16)14-6-8-15(9-7-14)20-11-5-2/h6-9,12,17-18H,4-5,10-11H2,1-3H3. The van der Waals surface area contributed by atoms with E-state index in [-0.39, 0.29) is 6.04 Å². The molecule has 0 aliphatic carbocycles. The van der Waals surface area contributed by atoms with Crippen molar-refractivity contribution in [2.75, 3.05) is 13.2 Å². The van der Waals surface area contributed by atoms with Gasteiger partial charge in [0.25, 0.3) is 0 Å². The summed E-state index contributed by atoms with van der Waals surface area (Å²) in [6.07, 6.45) is 4.13. The Labute approximate surface area is 131 Å². The quantitative estimate of drug-likeness (QED) is 0.788. The highest BCUT2D eigenvalue weighted by Crippen LogP contribution is 2.28. The molecule has 1 unspecified atom stereocenters. The second kappa shape index (κ2) is 8.15. The third-order valence-corrected chi connectivity index (χ3v) is 4.19. The van der Waals surface area contributed by atoms with Crippen molar-refractivity contribution in [1.82, 2.24) is 10.3 Å². The lowest BCUT2D eigenvalue weighted by Gasteiger charge is -2.17. The number of hydrogen-bond donors (Lipinski definition) is 1. The van der Waals surface area contributed by atoms with E-state index < -0.39 is 0 Å². The Morgan fingerprint density at radius 3 is 2.52 bits per heavy atom. The number of aromatic nitrogens is 1. The van der Waals surface area contributed by atoms with E-state index in [4.69, 9.17) is 4.74 Å². The molecule has 114 valence electrons. The maximum atomic E-state index is 5.65. The summed E-state index contributed by atoms with van der Waals surface area (Å²) in [4.78, 5) is 5.65. The summed E-state index contributed by atoms with van der Waals surface area (Å²) in [7, 11) is 0. The smallest absolute Gasteiger partial charge is 0.119 e. The van der Waals surface area contributed by atoms with E-state index in [1.165, 1.54) is 10.4 Å². The molecular formula is C17H24N2OS. The van der Waals surface area contributed by atoms with Crippen LogP contribution < -0.4 is 10.1 Å². The number of hydrogen-bond acceptors (Lipinski definition) is 4. The van der Waals surface area contributed by atoms with E-state index in [9.17, 15) is 0 Å². The molecule has 1 N–H and O–H groups in total. The number of thiazole rings is 1. The van der Waals surface area contributed by atoms with Gasteiger partial charge in [0.15, 0.2) is 0 Å². The third kappa shape index (κ3) is 4.55. The average molecular weight is 304 g/mol. The van der Waals surface area contributed by atoms with Crippen LogP contribution in [0.5, 0.6) is 5.75 Å². The molecule has 0 radical (unpaired) electrons. The number of nitrogens with one attached hydrogen (secondary N) is 1. The molecule has 0 bridgehead atoms. The van der Waals surface area contributed by atoms with Gasteiger partial charge in [0.1, 0.15) is 5.75 Å². The van der Waals surface area contributed by atoms with Gasteiger partial charge in [0.05, 0.1) is 17.7 Å². The average Bonchev–Trinajstić information content (AvgIpc) is 2.93. The van der Waals surface area contributed by atoms with Gasteiger partial charge in [-0.1, -0.05) is 26.0 Å². The van der Waals surface area contributed by atoms with E-state index in [2.05, 4.69) is 48.4 Å². The van der Waals surface area contributed by atoms with E-state index in [0.717, 1.165) is 36.8 Å². The van der Waals surface area contributed by atoms with Crippen molar-refractivity contribution in [1.29, 1.82) is 0 Å². The Balaban J connectivity index is 2.16. The molecule has 2 aromatic rings. The Morgan fingerprint density at radius 2 is 1.95 bits per heavy atom. The molecule has 4 heteroatoms. The lowest BCUT2D eigenvalue weighted by Crippen LogP contribution is -2.22. The minimum atomic E-state index is 0.219. The zero-order valence-electron chi connectivity index (χ0n) is 13.1. The topological polar surface area (TPSA) is 34.1 Å². The van der Waals surface area contributed by atoms with Crippen LogP contribution in [0.3, 0.4) is 0 Å². The molecular weight excluding hydrogens is 280 g/mol. The van der Waals surface area contributed by atoms with Crippen LogP contribution in [0.15, 0.2) is 30.5 Å². The molecule has 0 aliphatic rings. The predicted octanol–water partition coefficient (Wildman–Crippen LogP) is 4.33. The molecule has 1 heterocycles. The first-order chi connectivity index (χ1) is 10.2. The van der Waals surface area contributed by atoms with Crippen molar-refractivity contribution in [3.05, 3.63) is 45.9 Å². The fourth-order valence-electron chi connectivity index (χ4n) is 2.16. The minimum Gasteiger partial charge on any atom is -0.494 e. The van der Waals surface area contributed by atoms with Gasteiger partial charge in [-0.25, -0.2) is 4.98 Å². The molecule has 2 rings (SSSR count). The predicted molar refractivity (Wildman–Crippen MR) is 89.2 cm³/mol. The van der Waals surface area contributed by atoms with E-state index in [0.29, 0.717) is 0 Å². The van der Waals surface area contributed by atoms with Gasteiger partial charge in [0, 0.05) is 11.1 Å². The zero-order valence-corrected chi connectivity index (χ0v) is 13.9. The summed E-state index contributed by atoms with van der Waals surface area (Å²) < 4.78 is 5.65. The van der Waals surface area contributed by atoms with Crippen LogP contribution in [0.1, 0.15) is 48.2 Å². The first-order valence-corrected chi connectivity index (χ1v) is 8.44. The summed E-state index contributed by atoms with van der Waals surface area (Å²) in [6, 6.07) is 8.62. The summed E-state index contributed by atoms with van der Waals surface area (Å²) >= 11 is 1.75. The van der Waals surface area contributed by atoms with Crippen molar-refractivity contribution in [2.45, 2.75) is 39.7 Å². The van der Waals surface area contributed by atoms with Crippen molar-refractivity contribution >= 4 is 11.3 Å². The van der Waals surface area contributed by atoms with Crippen LogP contribution in [0.4, 0.5) is 0 Å². The van der Waals surface area contributed by atoms with E-state index in [1.807, 2.05) is 13.1 Å². The summed E-state index contributed by atoms with van der Waals surface area (Å²) in [5.74, 6) is 0.940.